The minimum atomic E-state index is 1.05. The third-order valence-electron chi connectivity index (χ3n) is 4.87. The van der Waals surface area contributed by atoms with Crippen LogP contribution in [0.15, 0.2) is 53.4 Å². The molecule has 24 heavy (non-hydrogen) atoms. The third-order valence-corrected chi connectivity index (χ3v) is 5.92. The molecule has 0 atom stereocenters. The molecule has 0 bridgehead atoms. The maximum Gasteiger partial charge on any atom is 0.0346 e. The van der Waals surface area contributed by atoms with E-state index in [4.69, 9.17) is 0 Å². The van der Waals surface area contributed by atoms with E-state index < -0.39 is 0 Å². The molecule has 1 saturated heterocycles. The number of fused-ring (bicyclic) bond motifs is 1. The molecule has 0 radical (unpaired) electrons. The van der Waals surface area contributed by atoms with Gasteiger partial charge in [0.05, 0.1) is 0 Å². The van der Waals surface area contributed by atoms with Crippen LogP contribution in [0.5, 0.6) is 0 Å². The Morgan fingerprint density at radius 2 is 1.62 bits per heavy atom. The Hall–Kier alpha value is -1.33. The van der Waals surface area contributed by atoms with Crippen LogP contribution in [0.1, 0.15) is 16.7 Å². The van der Waals surface area contributed by atoms with Crippen molar-refractivity contribution in [3.05, 3.63) is 65.2 Å². The van der Waals surface area contributed by atoms with Gasteiger partial charge in [0, 0.05) is 50.7 Å². The molecule has 126 valence electrons. The van der Waals surface area contributed by atoms with Gasteiger partial charge < -0.3 is 5.32 Å². The number of nitrogens with zero attached hydrogens (tertiary/aromatic N) is 2. The van der Waals surface area contributed by atoms with Crippen LogP contribution in [-0.4, -0.2) is 41.9 Å². The maximum absolute atomic E-state index is 3.41. The second-order valence-corrected chi connectivity index (χ2v) is 7.81. The van der Waals surface area contributed by atoms with Crippen molar-refractivity contribution in [2.75, 3.05) is 32.7 Å². The third kappa shape index (κ3) is 4.01. The van der Waals surface area contributed by atoms with Gasteiger partial charge in [-0.15, -0.1) is 0 Å². The predicted octanol–water partition coefficient (Wildman–Crippen LogP) is 3.16. The highest BCUT2D eigenvalue weighted by Crippen LogP contribution is 2.29. The molecule has 0 saturated carbocycles. The van der Waals surface area contributed by atoms with E-state index in [1.165, 1.54) is 21.6 Å². The van der Waals surface area contributed by atoms with Crippen molar-refractivity contribution in [2.24, 2.45) is 0 Å². The quantitative estimate of drug-likeness (QED) is 0.862. The smallest absolute Gasteiger partial charge is 0.0346 e. The minimum Gasteiger partial charge on any atom is -0.314 e. The Bertz CT molecular complexity index is 665. The summed E-state index contributed by atoms with van der Waals surface area (Å²) in [6, 6.07) is 18.0. The van der Waals surface area contributed by atoms with E-state index in [1.54, 1.807) is 0 Å². The highest BCUT2D eigenvalue weighted by molar-refractivity contribution is 7.97. The van der Waals surface area contributed by atoms with Crippen molar-refractivity contribution in [3.63, 3.8) is 0 Å². The molecule has 1 N–H and O–H groups in total. The van der Waals surface area contributed by atoms with Crippen LogP contribution in [0.25, 0.3) is 0 Å². The molecule has 2 aromatic rings. The molecule has 3 nitrogen and oxygen atoms in total. The van der Waals surface area contributed by atoms with E-state index in [-0.39, 0.29) is 0 Å². The Morgan fingerprint density at radius 3 is 2.42 bits per heavy atom. The van der Waals surface area contributed by atoms with E-state index in [0.717, 1.165) is 52.2 Å². The van der Waals surface area contributed by atoms with Crippen molar-refractivity contribution in [2.45, 2.75) is 24.4 Å². The largest absolute Gasteiger partial charge is 0.314 e. The number of rotatable bonds is 4. The Labute approximate surface area is 149 Å². The number of nitrogens with one attached hydrogen (secondary N) is 1. The fourth-order valence-electron chi connectivity index (χ4n) is 3.48. The van der Waals surface area contributed by atoms with Crippen LogP contribution in [0, 0.1) is 0 Å². The van der Waals surface area contributed by atoms with Gasteiger partial charge in [-0.2, -0.15) is 0 Å². The van der Waals surface area contributed by atoms with Crippen molar-refractivity contribution in [1.82, 2.24) is 14.5 Å². The first kappa shape index (κ1) is 16.2. The number of piperazine rings is 1. The summed E-state index contributed by atoms with van der Waals surface area (Å²) in [5.41, 5.74) is 4.41. The fourth-order valence-corrected chi connectivity index (χ4v) is 4.42. The second-order valence-electron chi connectivity index (χ2n) is 6.64. The van der Waals surface area contributed by atoms with Crippen LogP contribution >= 0.6 is 11.9 Å². The van der Waals surface area contributed by atoms with Gasteiger partial charge in [-0.25, -0.2) is 4.31 Å². The average molecular weight is 340 g/mol. The summed E-state index contributed by atoms with van der Waals surface area (Å²) in [4.78, 5) is 3.87. The van der Waals surface area contributed by atoms with E-state index in [0.29, 0.717) is 0 Å². The van der Waals surface area contributed by atoms with Crippen LogP contribution in [0.4, 0.5) is 0 Å². The molecular weight excluding hydrogens is 314 g/mol. The number of hydrogen-bond donors (Lipinski definition) is 1. The van der Waals surface area contributed by atoms with Crippen molar-refractivity contribution >= 4 is 11.9 Å². The highest BCUT2D eigenvalue weighted by Gasteiger charge is 2.16. The molecule has 0 amide bonds. The van der Waals surface area contributed by atoms with Crippen molar-refractivity contribution in [1.29, 1.82) is 0 Å². The number of hydrogen-bond acceptors (Lipinski definition) is 4. The van der Waals surface area contributed by atoms with Gasteiger partial charge in [-0.1, -0.05) is 36.4 Å². The molecule has 4 heteroatoms. The highest BCUT2D eigenvalue weighted by atomic mass is 32.2. The number of benzene rings is 2. The lowest BCUT2D eigenvalue weighted by Crippen LogP contribution is -2.42. The summed E-state index contributed by atoms with van der Waals surface area (Å²) in [7, 11) is 0. The Kier molecular flexibility index (Phi) is 5.18. The van der Waals surface area contributed by atoms with Crippen LogP contribution in [-0.2, 0) is 19.5 Å². The molecule has 1 fully saturated rings. The molecule has 0 aliphatic carbocycles. The van der Waals surface area contributed by atoms with Gasteiger partial charge in [0.15, 0.2) is 0 Å². The molecule has 2 aliphatic rings. The van der Waals surface area contributed by atoms with Gasteiger partial charge in [0.2, 0.25) is 0 Å². The summed E-state index contributed by atoms with van der Waals surface area (Å²) < 4.78 is 2.48. The van der Waals surface area contributed by atoms with Gasteiger partial charge >= 0.3 is 0 Å². The first-order valence-electron chi connectivity index (χ1n) is 8.88. The first-order chi connectivity index (χ1) is 11.9. The van der Waals surface area contributed by atoms with Gasteiger partial charge in [0.25, 0.3) is 0 Å². The predicted molar refractivity (Wildman–Crippen MR) is 101 cm³/mol. The van der Waals surface area contributed by atoms with E-state index in [9.17, 15) is 0 Å². The van der Waals surface area contributed by atoms with Gasteiger partial charge in [-0.05, 0) is 47.2 Å². The van der Waals surface area contributed by atoms with Crippen LogP contribution in [0.3, 0.4) is 0 Å². The average Bonchev–Trinajstić information content (AvgIpc) is 2.64. The zero-order valence-corrected chi connectivity index (χ0v) is 14.9. The van der Waals surface area contributed by atoms with Crippen molar-refractivity contribution < 1.29 is 0 Å². The lowest BCUT2D eigenvalue weighted by molar-refractivity contribution is 0.233. The summed E-state index contributed by atoms with van der Waals surface area (Å²) in [6.45, 7) is 7.79. The topological polar surface area (TPSA) is 18.5 Å². The molecule has 0 spiro atoms. The van der Waals surface area contributed by atoms with Gasteiger partial charge in [-0.3, -0.25) is 4.90 Å². The molecule has 0 aromatic heterocycles. The zero-order chi connectivity index (χ0) is 16.2. The van der Waals surface area contributed by atoms with Gasteiger partial charge in [0.1, 0.15) is 0 Å². The Morgan fingerprint density at radius 1 is 0.875 bits per heavy atom. The SMILES string of the molecule is c1ccc2c(c1)CCN(Sc1ccc(CN3CCNCC3)cc1)C2. The summed E-state index contributed by atoms with van der Waals surface area (Å²) >= 11 is 1.89. The van der Waals surface area contributed by atoms with Crippen LogP contribution in [0.2, 0.25) is 0 Å². The Balaban J connectivity index is 1.34. The van der Waals surface area contributed by atoms with E-state index in [1.807, 2.05) is 11.9 Å². The van der Waals surface area contributed by atoms with Crippen molar-refractivity contribution in [3.8, 4) is 0 Å². The standard InChI is InChI=1S/C20H25N3S/c1-2-4-19-16-23(12-9-18(19)3-1)24-20-7-5-17(6-8-20)15-22-13-10-21-11-14-22/h1-8,21H,9-16H2. The normalized spacial score (nSPS) is 19.2. The molecule has 2 aliphatic heterocycles. The molecule has 0 unspecified atom stereocenters. The summed E-state index contributed by atoms with van der Waals surface area (Å²) in [5.74, 6) is 0. The molecular formula is C20H25N3S. The summed E-state index contributed by atoms with van der Waals surface area (Å²) in [6.07, 6.45) is 1.16. The summed E-state index contributed by atoms with van der Waals surface area (Å²) in [5, 5.41) is 3.41. The second kappa shape index (κ2) is 7.70. The monoisotopic (exact) mass is 339 g/mol. The fraction of sp³-hybridized carbons (Fsp3) is 0.400. The minimum absolute atomic E-state index is 1.05. The molecule has 2 heterocycles. The zero-order valence-electron chi connectivity index (χ0n) is 14.1. The first-order valence-corrected chi connectivity index (χ1v) is 9.66. The lowest BCUT2D eigenvalue weighted by atomic mass is 10.0. The molecule has 2 aromatic carbocycles. The van der Waals surface area contributed by atoms with E-state index in [2.05, 4.69) is 63.1 Å². The van der Waals surface area contributed by atoms with E-state index >= 15 is 0 Å². The lowest BCUT2D eigenvalue weighted by Gasteiger charge is -2.28. The molecule has 4 rings (SSSR count). The maximum atomic E-state index is 3.41. The van der Waals surface area contributed by atoms with Crippen LogP contribution < -0.4 is 5.32 Å².